The topological polar surface area (TPSA) is 27.8 Å². The molecule has 2 aromatic rings. The largest absolute Gasteiger partial charge is 0.361 e. The second-order valence-electron chi connectivity index (χ2n) is 4.87. The number of benzene rings is 1. The lowest BCUT2D eigenvalue weighted by Gasteiger charge is -2.07. The van der Waals surface area contributed by atoms with Crippen molar-refractivity contribution < 1.29 is 0 Å². The highest BCUT2D eigenvalue weighted by Crippen LogP contribution is 2.25. The van der Waals surface area contributed by atoms with Crippen LogP contribution in [0.1, 0.15) is 17.5 Å². The molecule has 1 atom stereocenters. The Morgan fingerprint density at radius 1 is 1.38 bits per heavy atom. The van der Waals surface area contributed by atoms with Crippen LogP contribution in [0.25, 0.3) is 10.9 Å². The summed E-state index contributed by atoms with van der Waals surface area (Å²) in [5, 5.41) is 4.88. The van der Waals surface area contributed by atoms with E-state index in [1.54, 1.807) is 0 Å². The molecule has 1 aromatic carbocycles. The first-order chi connectivity index (χ1) is 7.84. The standard InChI is InChI=1S/C14H18N2/c1-10-3-2-4-13-14(10)12(9-16-13)7-11-5-6-15-8-11/h2-4,9,11,15-16H,5-8H2,1H3. The van der Waals surface area contributed by atoms with Gasteiger partial charge in [0, 0.05) is 17.1 Å². The van der Waals surface area contributed by atoms with Crippen molar-refractivity contribution in [1.29, 1.82) is 0 Å². The summed E-state index contributed by atoms with van der Waals surface area (Å²) in [6.45, 7) is 4.57. The number of fused-ring (bicyclic) bond motifs is 1. The molecule has 2 heterocycles. The molecule has 1 aromatic heterocycles. The van der Waals surface area contributed by atoms with Gasteiger partial charge in [0.15, 0.2) is 0 Å². The van der Waals surface area contributed by atoms with E-state index in [1.807, 2.05) is 0 Å². The number of aromatic nitrogens is 1. The maximum absolute atomic E-state index is 3.44. The van der Waals surface area contributed by atoms with Crippen LogP contribution in [0.3, 0.4) is 0 Å². The van der Waals surface area contributed by atoms with Crippen LogP contribution >= 0.6 is 0 Å². The van der Waals surface area contributed by atoms with Gasteiger partial charge in [-0.1, -0.05) is 12.1 Å². The van der Waals surface area contributed by atoms with Crippen molar-refractivity contribution in [3.8, 4) is 0 Å². The fourth-order valence-corrected chi connectivity index (χ4v) is 2.81. The third-order valence-corrected chi connectivity index (χ3v) is 3.67. The average Bonchev–Trinajstić information content (AvgIpc) is 2.90. The maximum atomic E-state index is 3.44. The molecule has 16 heavy (non-hydrogen) atoms. The van der Waals surface area contributed by atoms with Crippen LogP contribution in [0.4, 0.5) is 0 Å². The van der Waals surface area contributed by atoms with Crippen molar-refractivity contribution in [2.75, 3.05) is 13.1 Å². The van der Waals surface area contributed by atoms with Gasteiger partial charge >= 0.3 is 0 Å². The predicted molar refractivity (Wildman–Crippen MR) is 67.7 cm³/mol. The maximum Gasteiger partial charge on any atom is 0.0459 e. The summed E-state index contributed by atoms with van der Waals surface area (Å²) < 4.78 is 0. The van der Waals surface area contributed by atoms with Crippen LogP contribution in [-0.2, 0) is 6.42 Å². The molecule has 1 aliphatic heterocycles. The minimum absolute atomic E-state index is 0.818. The Morgan fingerprint density at radius 3 is 3.12 bits per heavy atom. The second kappa shape index (κ2) is 3.95. The molecule has 84 valence electrons. The van der Waals surface area contributed by atoms with E-state index in [0.29, 0.717) is 0 Å². The normalized spacial score (nSPS) is 20.7. The van der Waals surface area contributed by atoms with Crippen molar-refractivity contribution in [2.45, 2.75) is 19.8 Å². The summed E-state index contributed by atoms with van der Waals surface area (Å²) in [7, 11) is 0. The van der Waals surface area contributed by atoms with Crippen molar-refractivity contribution in [2.24, 2.45) is 5.92 Å². The van der Waals surface area contributed by atoms with E-state index in [1.165, 1.54) is 48.0 Å². The molecule has 1 unspecified atom stereocenters. The van der Waals surface area contributed by atoms with E-state index in [-0.39, 0.29) is 0 Å². The molecule has 2 nitrogen and oxygen atoms in total. The Hall–Kier alpha value is -1.28. The van der Waals surface area contributed by atoms with E-state index < -0.39 is 0 Å². The third kappa shape index (κ3) is 1.63. The SMILES string of the molecule is Cc1cccc2[nH]cc(CC3CCNC3)c12. The number of nitrogens with one attached hydrogen (secondary N) is 2. The van der Waals surface area contributed by atoms with Crippen LogP contribution in [0.2, 0.25) is 0 Å². The van der Waals surface area contributed by atoms with Crippen molar-refractivity contribution in [1.82, 2.24) is 10.3 Å². The zero-order chi connectivity index (χ0) is 11.0. The van der Waals surface area contributed by atoms with Crippen molar-refractivity contribution >= 4 is 10.9 Å². The van der Waals surface area contributed by atoms with Crippen LogP contribution in [-0.4, -0.2) is 18.1 Å². The summed E-state index contributed by atoms with van der Waals surface area (Å²) >= 11 is 0. The van der Waals surface area contributed by atoms with Gasteiger partial charge in [-0.3, -0.25) is 0 Å². The molecule has 0 amide bonds. The van der Waals surface area contributed by atoms with Gasteiger partial charge in [-0.25, -0.2) is 0 Å². The Kier molecular flexibility index (Phi) is 2.44. The average molecular weight is 214 g/mol. The van der Waals surface area contributed by atoms with Gasteiger partial charge in [-0.2, -0.15) is 0 Å². The molecule has 1 saturated heterocycles. The molecule has 0 spiro atoms. The van der Waals surface area contributed by atoms with Gasteiger partial charge in [0.25, 0.3) is 0 Å². The van der Waals surface area contributed by atoms with Gasteiger partial charge in [-0.15, -0.1) is 0 Å². The first-order valence-electron chi connectivity index (χ1n) is 6.11. The first kappa shape index (κ1) is 9.91. The fourth-order valence-electron chi connectivity index (χ4n) is 2.81. The van der Waals surface area contributed by atoms with E-state index in [9.17, 15) is 0 Å². The molecule has 0 radical (unpaired) electrons. The van der Waals surface area contributed by atoms with Gasteiger partial charge in [0.05, 0.1) is 0 Å². The number of aryl methyl sites for hydroxylation is 1. The summed E-state index contributed by atoms with van der Waals surface area (Å²) in [5.41, 5.74) is 4.16. The lowest BCUT2D eigenvalue weighted by atomic mass is 9.97. The molecule has 1 aliphatic rings. The summed E-state index contributed by atoms with van der Waals surface area (Å²) in [4.78, 5) is 3.38. The van der Waals surface area contributed by atoms with Gasteiger partial charge in [-0.05, 0) is 56.0 Å². The molecule has 0 aliphatic carbocycles. The van der Waals surface area contributed by atoms with E-state index in [4.69, 9.17) is 0 Å². The zero-order valence-corrected chi connectivity index (χ0v) is 9.72. The monoisotopic (exact) mass is 214 g/mol. The Morgan fingerprint density at radius 2 is 2.31 bits per heavy atom. The fraction of sp³-hybridized carbons (Fsp3) is 0.429. The van der Waals surface area contributed by atoms with Crippen LogP contribution in [0, 0.1) is 12.8 Å². The Balaban J connectivity index is 1.97. The lowest BCUT2D eigenvalue weighted by molar-refractivity contribution is 0.582. The lowest BCUT2D eigenvalue weighted by Crippen LogP contribution is -2.10. The van der Waals surface area contributed by atoms with E-state index in [0.717, 1.165) is 5.92 Å². The van der Waals surface area contributed by atoms with Gasteiger partial charge < -0.3 is 10.3 Å². The summed E-state index contributed by atoms with van der Waals surface area (Å²) in [6, 6.07) is 6.49. The number of H-pyrrole nitrogens is 1. The summed E-state index contributed by atoms with van der Waals surface area (Å²) in [6.07, 6.45) is 4.71. The van der Waals surface area contributed by atoms with Crippen molar-refractivity contribution in [3.05, 3.63) is 35.5 Å². The van der Waals surface area contributed by atoms with Crippen LogP contribution in [0.5, 0.6) is 0 Å². The molecular formula is C14H18N2. The zero-order valence-electron chi connectivity index (χ0n) is 9.72. The van der Waals surface area contributed by atoms with Crippen LogP contribution in [0.15, 0.2) is 24.4 Å². The highest BCUT2D eigenvalue weighted by Gasteiger charge is 2.17. The Labute approximate surface area is 96.1 Å². The molecule has 1 fully saturated rings. The third-order valence-electron chi connectivity index (χ3n) is 3.67. The Bertz CT molecular complexity index is 492. The molecule has 2 N–H and O–H groups in total. The summed E-state index contributed by atoms with van der Waals surface area (Å²) in [5.74, 6) is 0.818. The minimum Gasteiger partial charge on any atom is -0.361 e. The highest BCUT2D eigenvalue weighted by atomic mass is 14.9. The molecular weight excluding hydrogens is 196 g/mol. The molecule has 2 heteroatoms. The first-order valence-corrected chi connectivity index (χ1v) is 6.11. The minimum atomic E-state index is 0.818. The molecule has 0 saturated carbocycles. The quantitative estimate of drug-likeness (QED) is 0.790. The number of hydrogen-bond acceptors (Lipinski definition) is 1. The smallest absolute Gasteiger partial charge is 0.0459 e. The molecule has 0 bridgehead atoms. The highest BCUT2D eigenvalue weighted by molar-refractivity contribution is 5.86. The van der Waals surface area contributed by atoms with E-state index in [2.05, 4.69) is 41.6 Å². The predicted octanol–water partition coefficient (Wildman–Crippen LogP) is 2.63. The number of hydrogen-bond donors (Lipinski definition) is 2. The van der Waals surface area contributed by atoms with Gasteiger partial charge in [0.2, 0.25) is 0 Å². The van der Waals surface area contributed by atoms with Crippen molar-refractivity contribution in [3.63, 3.8) is 0 Å². The molecule has 3 rings (SSSR count). The van der Waals surface area contributed by atoms with Gasteiger partial charge in [0.1, 0.15) is 0 Å². The van der Waals surface area contributed by atoms with Crippen LogP contribution < -0.4 is 5.32 Å². The second-order valence-corrected chi connectivity index (χ2v) is 4.87. The number of aromatic amines is 1. The van der Waals surface area contributed by atoms with E-state index >= 15 is 0 Å². The number of rotatable bonds is 2.